The molecule has 0 saturated carbocycles. The molecule has 1 aromatic rings. The lowest BCUT2D eigenvalue weighted by Crippen LogP contribution is -2.15. The van der Waals surface area contributed by atoms with Crippen molar-refractivity contribution in [3.8, 4) is 0 Å². The Morgan fingerprint density at radius 2 is 1.00 bits per heavy atom. The zero-order chi connectivity index (χ0) is 21.9. The van der Waals surface area contributed by atoms with E-state index in [-0.39, 0.29) is 11.8 Å². The summed E-state index contributed by atoms with van der Waals surface area (Å²) in [6.07, 6.45) is 17.7. The van der Waals surface area contributed by atoms with E-state index in [1.54, 1.807) is 18.2 Å². The molecule has 0 aliphatic carbocycles. The van der Waals surface area contributed by atoms with Crippen LogP contribution in [-0.4, -0.2) is 16.8 Å². The SMILES string of the molecule is CCCCCCCCCC(=O)Nc1cccc(NC(=O)CCCCCCCCC)n1. The third kappa shape index (κ3) is 14.1. The quantitative estimate of drug-likeness (QED) is 0.247. The van der Waals surface area contributed by atoms with Crippen LogP contribution in [-0.2, 0) is 9.59 Å². The molecule has 30 heavy (non-hydrogen) atoms. The van der Waals surface area contributed by atoms with Crippen LogP contribution < -0.4 is 10.6 Å². The number of hydrogen-bond donors (Lipinski definition) is 2. The lowest BCUT2D eigenvalue weighted by Gasteiger charge is -2.08. The molecule has 0 unspecified atom stereocenters. The summed E-state index contributed by atoms with van der Waals surface area (Å²) in [4.78, 5) is 28.6. The van der Waals surface area contributed by atoms with E-state index in [4.69, 9.17) is 0 Å². The van der Waals surface area contributed by atoms with Gasteiger partial charge in [-0.3, -0.25) is 9.59 Å². The lowest BCUT2D eigenvalue weighted by atomic mass is 10.1. The standard InChI is InChI=1S/C25H43N3O2/c1-3-5-7-9-11-13-15-20-24(29)27-22-18-17-19-23(26-22)28-25(30)21-16-14-12-10-8-6-4-2/h17-19H,3-16,20-21H2,1-2H3,(H2,26,27,28,29,30). The fraction of sp³-hybridized carbons (Fsp3) is 0.720. The first-order valence-corrected chi connectivity index (χ1v) is 12.2. The van der Waals surface area contributed by atoms with E-state index in [1.165, 1.54) is 64.2 Å². The molecule has 2 N–H and O–H groups in total. The topological polar surface area (TPSA) is 71.1 Å². The second-order valence-electron chi connectivity index (χ2n) is 8.25. The number of amides is 2. The Morgan fingerprint density at radius 1 is 0.633 bits per heavy atom. The van der Waals surface area contributed by atoms with Crippen LogP contribution in [0.4, 0.5) is 11.6 Å². The second kappa shape index (κ2) is 17.9. The summed E-state index contributed by atoms with van der Waals surface area (Å²) in [5.74, 6) is 0.971. The molecule has 0 radical (unpaired) electrons. The van der Waals surface area contributed by atoms with Crippen molar-refractivity contribution < 1.29 is 9.59 Å². The Hall–Kier alpha value is -1.91. The molecule has 0 aromatic carbocycles. The number of hydrogen-bond acceptors (Lipinski definition) is 3. The third-order valence-electron chi connectivity index (χ3n) is 5.30. The maximum absolute atomic E-state index is 12.1. The zero-order valence-electron chi connectivity index (χ0n) is 19.3. The van der Waals surface area contributed by atoms with Crippen LogP contribution >= 0.6 is 0 Å². The number of carbonyl (C=O) groups excluding carboxylic acids is 2. The molecular weight excluding hydrogens is 374 g/mol. The van der Waals surface area contributed by atoms with Gasteiger partial charge in [-0.15, -0.1) is 0 Å². The van der Waals surface area contributed by atoms with Crippen molar-refractivity contribution in [2.24, 2.45) is 0 Å². The number of nitrogens with zero attached hydrogens (tertiary/aromatic N) is 1. The van der Waals surface area contributed by atoms with Gasteiger partial charge in [0.05, 0.1) is 0 Å². The average molecular weight is 418 g/mol. The smallest absolute Gasteiger partial charge is 0.225 e. The molecule has 0 aliphatic rings. The van der Waals surface area contributed by atoms with Crippen molar-refractivity contribution in [2.45, 2.75) is 117 Å². The number of aromatic nitrogens is 1. The van der Waals surface area contributed by atoms with Gasteiger partial charge in [0.2, 0.25) is 11.8 Å². The molecule has 5 nitrogen and oxygen atoms in total. The summed E-state index contributed by atoms with van der Waals surface area (Å²) in [7, 11) is 0. The minimum Gasteiger partial charge on any atom is -0.311 e. The van der Waals surface area contributed by atoms with Gasteiger partial charge in [-0.05, 0) is 25.0 Å². The van der Waals surface area contributed by atoms with E-state index >= 15 is 0 Å². The van der Waals surface area contributed by atoms with Gasteiger partial charge in [-0.25, -0.2) is 4.98 Å². The molecule has 0 saturated heterocycles. The van der Waals surface area contributed by atoms with E-state index in [2.05, 4.69) is 29.5 Å². The van der Waals surface area contributed by atoms with Crippen LogP contribution in [0.2, 0.25) is 0 Å². The monoisotopic (exact) mass is 417 g/mol. The van der Waals surface area contributed by atoms with Gasteiger partial charge in [0.25, 0.3) is 0 Å². The van der Waals surface area contributed by atoms with Crippen LogP contribution in [0.25, 0.3) is 0 Å². The molecule has 1 heterocycles. The fourth-order valence-corrected chi connectivity index (χ4v) is 3.47. The van der Waals surface area contributed by atoms with Gasteiger partial charge in [0, 0.05) is 12.8 Å². The highest BCUT2D eigenvalue weighted by atomic mass is 16.2. The van der Waals surface area contributed by atoms with Gasteiger partial charge in [-0.2, -0.15) is 0 Å². The predicted octanol–water partition coefficient (Wildman–Crippen LogP) is 7.24. The first-order valence-electron chi connectivity index (χ1n) is 12.2. The number of unbranched alkanes of at least 4 members (excludes halogenated alkanes) is 12. The molecule has 1 rings (SSSR count). The van der Waals surface area contributed by atoms with E-state index in [1.807, 2.05) is 0 Å². The fourth-order valence-electron chi connectivity index (χ4n) is 3.47. The largest absolute Gasteiger partial charge is 0.311 e. The summed E-state index contributed by atoms with van der Waals surface area (Å²) in [6, 6.07) is 5.32. The van der Waals surface area contributed by atoms with E-state index in [0.717, 1.165) is 25.7 Å². The van der Waals surface area contributed by atoms with Gasteiger partial charge in [0.15, 0.2) is 0 Å². The summed E-state index contributed by atoms with van der Waals surface area (Å²) >= 11 is 0. The maximum atomic E-state index is 12.1. The molecule has 0 bridgehead atoms. The second-order valence-corrected chi connectivity index (χ2v) is 8.25. The summed E-state index contributed by atoms with van der Waals surface area (Å²) in [6.45, 7) is 4.44. The number of anilines is 2. The van der Waals surface area contributed by atoms with Gasteiger partial charge < -0.3 is 10.6 Å². The van der Waals surface area contributed by atoms with Crippen molar-refractivity contribution in [3.05, 3.63) is 18.2 Å². The van der Waals surface area contributed by atoms with Crippen LogP contribution in [0.1, 0.15) is 117 Å². The average Bonchev–Trinajstić information content (AvgIpc) is 2.72. The highest BCUT2D eigenvalue weighted by Crippen LogP contribution is 2.13. The van der Waals surface area contributed by atoms with E-state index in [9.17, 15) is 9.59 Å². The van der Waals surface area contributed by atoms with Gasteiger partial charge >= 0.3 is 0 Å². The van der Waals surface area contributed by atoms with Crippen LogP contribution in [0.3, 0.4) is 0 Å². The molecule has 1 aromatic heterocycles. The van der Waals surface area contributed by atoms with Crippen molar-refractivity contribution in [3.63, 3.8) is 0 Å². The lowest BCUT2D eigenvalue weighted by molar-refractivity contribution is -0.117. The molecule has 2 amide bonds. The summed E-state index contributed by atoms with van der Waals surface area (Å²) in [5.41, 5.74) is 0. The maximum Gasteiger partial charge on any atom is 0.225 e. The number of pyridine rings is 1. The molecule has 170 valence electrons. The molecule has 0 atom stereocenters. The summed E-state index contributed by atoms with van der Waals surface area (Å²) < 4.78 is 0. The van der Waals surface area contributed by atoms with E-state index < -0.39 is 0 Å². The van der Waals surface area contributed by atoms with Gasteiger partial charge in [0.1, 0.15) is 11.6 Å². The first-order chi connectivity index (χ1) is 14.7. The molecule has 0 fully saturated rings. The first kappa shape index (κ1) is 26.1. The zero-order valence-corrected chi connectivity index (χ0v) is 19.3. The van der Waals surface area contributed by atoms with Gasteiger partial charge in [-0.1, -0.05) is 97.0 Å². The number of rotatable bonds is 18. The van der Waals surface area contributed by atoms with Crippen LogP contribution in [0.5, 0.6) is 0 Å². The van der Waals surface area contributed by atoms with Crippen molar-refractivity contribution in [1.29, 1.82) is 0 Å². The highest BCUT2D eigenvalue weighted by Gasteiger charge is 2.07. The molecule has 0 aliphatic heterocycles. The van der Waals surface area contributed by atoms with Crippen molar-refractivity contribution in [1.82, 2.24) is 4.98 Å². The Kier molecular flexibility index (Phi) is 15.6. The van der Waals surface area contributed by atoms with Crippen molar-refractivity contribution >= 4 is 23.5 Å². The Morgan fingerprint density at radius 3 is 1.40 bits per heavy atom. The number of nitrogens with one attached hydrogen (secondary N) is 2. The van der Waals surface area contributed by atoms with Crippen LogP contribution in [0.15, 0.2) is 18.2 Å². The van der Waals surface area contributed by atoms with E-state index in [0.29, 0.717) is 24.5 Å². The van der Waals surface area contributed by atoms with Crippen LogP contribution in [0, 0.1) is 0 Å². The normalized spacial score (nSPS) is 10.7. The molecular formula is C25H43N3O2. The van der Waals surface area contributed by atoms with Crippen molar-refractivity contribution in [2.75, 3.05) is 10.6 Å². The summed E-state index contributed by atoms with van der Waals surface area (Å²) in [5, 5.41) is 5.68. The Labute approximate surface area is 183 Å². The minimum atomic E-state index is -0.0115. The Balaban J connectivity index is 2.20. The minimum absolute atomic E-state index is 0.0115. The molecule has 0 spiro atoms. The molecule has 5 heteroatoms. The number of carbonyl (C=O) groups is 2. The Bertz CT molecular complexity index is 542. The predicted molar refractivity (Wildman–Crippen MR) is 127 cm³/mol. The third-order valence-corrected chi connectivity index (χ3v) is 5.30. The highest BCUT2D eigenvalue weighted by molar-refractivity contribution is 5.91.